The van der Waals surface area contributed by atoms with Gasteiger partial charge in [-0.2, -0.15) is 0 Å². The van der Waals surface area contributed by atoms with Crippen molar-refractivity contribution in [1.82, 2.24) is 10.2 Å². The van der Waals surface area contributed by atoms with Crippen LogP contribution in [0.2, 0.25) is 0 Å². The molecule has 1 N–H and O–H groups in total. The zero-order valence-electron chi connectivity index (χ0n) is 10.3. The molecule has 0 aromatic heterocycles. The van der Waals surface area contributed by atoms with Crippen molar-refractivity contribution in [2.45, 2.75) is 51.1 Å². The minimum atomic E-state index is -0.343. The number of hydrogen-bond acceptors (Lipinski definition) is 2. The lowest BCUT2D eigenvalue weighted by Gasteiger charge is -2.32. The third-order valence-electron chi connectivity index (χ3n) is 4.18. The van der Waals surface area contributed by atoms with Gasteiger partial charge >= 0.3 is 0 Å². The molecule has 17 heavy (non-hydrogen) atoms. The topological polar surface area (TPSA) is 49.4 Å². The van der Waals surface area contributed by atoms with Crippen LogP contribution in [-0.4, -0.2) is 35.3 Å². The largest absolute Gasteiger partial charge is 0.345 e. The quantitative estimate of drug-likeness (QED) is 0.792. The highest BCUT2D eigenvalue weighted by atomic mass is 16.2. The monoisotopic (exact) mass is 236 g/mol. The van der Waals surface area contributed by atoms with Crippen molar-refractivity contribution in [3.05, 3.63) is 0 Å². The minimum Gasteiger partial charge on any atom is -0.345 e. The summed E-state index contributed by atoms with van der Waals surface area (Å²) < 4.78 is 0. The van der Waals surface area contributed by atoms with Gasteiger partial charge in [0.15, 0.2) is 0 Å². The SMILES string of the molecule is CC1NC(=O)CCN(C(C2CC2)C2CC2)C1=O. The molecular formula is C13H20N2O2. The summed E-state index contributed by atoms with van der Waals surface area (Å²) in [7, 11) is 0. The van der Waals surface area contributed by atoms with Crippen LogP contribution in [0.15, 0.2) is 0 Å². The molecule has 1 aliphatic heterocycles. The molecule has 1 atom stereocenters. The molecule has 3 fully saturated rings. The van der Waals surface area contributed by atoms with Gasteiger partial charge in [0.1, 0.15) is 6.04 Å². The second-order valence-corrected chi connectivity index (χ2v) is 5.74. The lowest BCUT2D eigenvalue weighted by Crippen LogP contribution is -2.48. The molecule has 0 spiro atoms. The first-order valence-electron chi connectivity index (χ1n) is 6.76. The van der Waals surface area contributed by atoms with Gasteiger partial charge in [-0.3, -0.25) is 9.59 Å². The Morgan fingerprint density at radius 1 is 1.18 bits per heavy atom. The maximum atomic E-state index is 12.3. The van der Waals surface area contributed by atoms with Gasteiger partial charge in [0.2, 0.25) is 11.8 Å². The fourth-order valence-electron chi connectivity index (χ4n) is 3.02. The second kappa shape index (κ2) is 4.00. The summed E-state index contributed by atoms with van der Waals surface area (Å²) in [5, 5.41) is 2.76. The molecule has 1 unspecified atom stereocenters. The molecule has 4 nitrogen and oxygen atoms in total. The van der Waals surface area contributed by atoms with E-state index in [-0.39, 0.29) is 17.9 Å². The first-order valence-corrected chi connectivity index (χ1v) is 6.76. The summed E-state index contributed by atoms with van der Waals surface area (Å²) in [5.74, 6) is 1.57. The van der Waals surface area contributed by atoms with Crippen LogP contribution in [0.3, 0.4) is 0 Å². The van der Waals surface area contributed by atoms with E-state index in [0.717, 1.165) is 0 Å². The first kappa shape index (κ1) is 11.1. The summed E-state index contributed by atoms with van der Waals surface area (Å²) in [6, 6.07) is 0.0858. The minimum absolute atomic E-state index is 0.0127. The molecule has 2 saturated carbocycles. The molecule has 3 aliphatic rings. The third kappa shape index (κ3) is 2.17. The number of carbonyl (C=O) groups is 2. The van der Waals surface area contributed by atoms with Gasteiger partial charge in [-0.1, -0.05) is 0 Å². The first-order chi connectivity index (χ1) is 8.16. The average Bonchev–Trinajstić information content (AvgIpc) is 3.13. The van der Waals surface area contributed by atoms with E-state index in [1.165, 1.54) is 25.7 Å². The summed E-state index contributed by atoms with van der Waals surface area (Å²) in [6.45, 7) is 2.42. The van der Waals surface area contributed by atoms with E-state index in [1.807, 2.05) is 4.90 Å². The molecule has 4 heteroatoms. The van der Waals surface area contributed by atoms with Crippen molar-refractivity contribution in [2.75, 3.05) is 6.54 Å². The Kier molecular flexibility index (Phi) is 2.60. The van der Waals surface area contributed by atoms with Gasteiger partial charge in [0, 0.05) is 19.0 Å². The van der Waals surface area contributed by atoms with Gasteiger partial charge in [0.25, 0.3) is 0 Å². The number of carbonyl (C=O) groups excluding carboxylic acids is 2. The molecule has 94 valence electrons. The van der Waals surface area contributed by atoms with Gasteiger partial charge in [-0.25, -0.2) is 0 Å². The summed E-state index contributed by atoms with van der Waals surface area (Å²) in [6.07, 6.45) is 5.52. The number of nitrogens with zero attached hydrogens (tertiary/aromatic N) is 1. The highest BCUT2D eigenvalue weighted by Gasteiger charge is 2.47. The standard InChI is InChI=1S/C13H20N2O2/c1-8-13(17)15(7-6-11(16)14-8)12(9-2-3-9)10-4-5-10/h8-10,12H,2-7H2,1H3,(H,14,16). The Labute approximate surface area is 102 Å². The molecule has 3 rings (SSSR count). The highest BCUT2D eigenvalue weighted by molar-refractivity contribution is 5.89. The lowest BCUT2D eigenvalue weighted by atomic mass is 10.0. The molecule has 2 aliphatic carbocycles. The van der Waals surface area contributed by atoms with Gasteiger partial charge < -0.3 is 10.2 Å². The van der Waals surface area contributed by atoms with Crippen LogP contribution in [0.5, 0.6) is 0 Å². The smallest absolute Gasteiger partial charge is 0.245 e. The molecule has 0 aromatic carbocycles. The van der Waals surface area contributed by atoms with Crippen molar-refractivity contribution in [3.63, 3.8) is 0 Å². The highest BCUT2D eigenvalue weighted by Crippen LogP contribution is 2.47. The van der Waals surface area contributed by atoms with Crippen molar-refractivity contribution in [1.29, 1.82) is 0 Å². The molecule has 0 aromatic rings. The molecule has 1 heterocycles. The Balaban J connectivity index is 1.78. The van der Waals surface area contributed by atoms with E-state index in [0.29, 0.717) is 30.8 Å². The Bertz CT molecular complexity index is 335. The molecule has 0 radical (unpaired) electrons. The number of hydrogen-bond donors (Lipinski definition) is 1. The lowest BCUT2D eigenvalue weighted by molar-refractivity contribution is -0.136. The number of nitrogens with one attached hydrogen (secondary N) is 1. The predicted molar refractivity (Wildman–Crippen MR) is 63.2 cm³/mol. The molecule has 1 saturated heterocycles. The number of rotatable bonds is 3. The summed E-state index contributed by atoms with van der Waals surface area (Å²) in [4.78, 5) is 25.8. The van der Waals surface area contributed by atoms with Crippen LogP contribution in [-0.2, 0) is 9.59 Å². The predicted octanol–water partition coefficient (Wildman–Crippen LogP) is 0.912. The maximum absolute atomic E-state index is 12.3. The van der Waals surface area contributed by atoms with Crippen LogP contribution in [0.25, 0.3) is 0 Å². The van der Waals surface area contributed by atoms with Crippen molar-refractivity contribution < 1.29 is 9.59 Å². The van der Waals surface area contributed by atoms with Crippen molar-refractivity contribution >= 4 is 11.8 Å². The van der Waals surface area contributed by atoms with E-state index in [2.05, 4.69) is 5.32 Å². The van der Waals surface area contributed by atoms with E-state index >= 15 is 0 Å². The normalized spacial score (nSPS) is 30.5. The van der Waals surface area contributed by atoms with Crippen molar-refractivity contribution in [3.8, 4) is 0 Å². The molecule has 2 amide bonds. The van der Waals surface area contributed by atoms with Crippen LogP contribution in [0, 0.1) is 11.8 Å². The van der Waals surface area contributed by atoms with Gasteiger partial charge in [-0.05, 0) is 44.4 Å². The van der Waals surface area contributed by atoms with E-state index in [4.69, 9.17) is 0 Å². The Morgan fingerprint density at radius 3 is 2.29 bits per heavy atom. The third-order valence-corrected chi connectivity index (χ3v) is 4.18. The van der Waals surface area contributed by atoms with Crippen molar-refractivity contribution in [2.24, 2.45) is 11.8 Å². The molecule has 0 bridgehead atoms. The maximum Gasteiger partial charge on any atom is 0.245 e. The van der Waals surface area contributed by atoms with Gasteiger partial charge in [-0.15, -0.1) is 0 Å². The van der Waals surface area contributed by atoms with Crippen LogP contribution < -0.4 is 5.32 Å². The Morgan fingerprint density at radius 2 is 1.76 bits per heavy atom. The van der Waals surface area contributed by atoms with Crippen LogP contribution in [0.4, 0.5) is 0 Å². The zero-order valence-corrected chi connectivity index (χ0v) is 10.3. The Hall–Kier alpha value is -1.06. The zero-order chi connectivity index (χ0) is 12.0. The fourth-order valence-corrected chi connectivity index (χ4v) is 3.02. The number of amides is 2. The van der Waals surface area contributed by atoms with Crippen LogP contribution in [0.1, 0.15) is 39.0 Å². The van der Waals surface area contributed by atoms with Crippen LogP contribution >= 0.6 is 0 Å². The molecular weight excluding hydrogens is 216 g/mol. The average molecular weight is 236 g/mol. The summed E-state index contributed by atoms with van der Waals surface area (Å²) >= 11 is 0. The van der Waals surface area contributed by atoms with E-state index in [1.54, 1.807) is 6.92 Å². The van der Waals surface area contributed by atoms with E-state index < -0.39 is 0 Å². The fraction of sp³-hybridized carbons (Fsp3) is 0.846. The summed E-state index contributed by atoms with van der Waals surface area (Å²) in [5.41, 5.74) is 0. The van der Waals surface area contributed by atoms with Gasteiger partial charge in [0.05, 0.1) is 0 Å². The van der Waals surface area contributed by atoms with E-state index in [9.17, 15) is 9.59 Å². The second-order valence-electron chi connectivity index (χ2n) is 5.74.